The predicted octanol–water partition coefficient (Wildman–Crippen LogP) is -1.48. The van der Waals surface area contributed by atoms with Crippen molar-refractivity contribution in [2.75, 3.05) is 27.2 Å². The SMILES string of the molecule is CN(C)CC(=O)NC(CCC(=O)NC(CCC(=O)CN)C(=O)NC(CCC(=O)C=N)C(=O)O)C(=O)OC(C)(C)C. The van der Waals surface area contributed by atoms with Crippen LogP contribution in [0.1, 0.15) is 59.3 Å². The van der Waals surface area contributed by atoms with Crippen LogP contribution in [0.2, 0.25) is 0 Å². The Morgan fingerprint density at radius 2 is 1.43 bits per heavy atom. The summed E-state index contributed by atoms with van der Waals surface area (Å²) >= 11 is 0. The molecule has 0 fully saturated rings. The van der Waals surface area contributed by atoms with Gasteiger partial charge in [-0.1, -0.05) is 0 Å². The van der Waals surface area contributed by atoms with Crippen molar-refractivity contribution in [2.45, 2.75) is 83.0 Å². The number of amides is 3. The van der Waals surface area contributed by atoms with Crippen LogP contribution in [-0.4, -0.2) is 108 Å². The number of carbonyl (C=O) groups is 7. The Kier molecular flexibility index (Phi) is 16.1. The van der Waals surface area contributed by atoms with Gasteiger partial charge in [0.1, 0.15) is 29.5 Å². The summed E-state index contributed by atoms with van der Waals surface area (Å²) in [5, 5.41) is 23.5. The zero-order valence-corrected chi connectivity index (χ0v) is 23.7. The van der Waals surface area contributed by atoms with Crippen molar-refractivity contribution in [2.24, 2.45) is 5.73 Å². The highest BCUT2D eigenvalue weighted by Gasteiger charge is 2.30. The second kappa shape index (κ2) is 17.8. The fourth-order valence-corrected chi connectivity index (χ4v) is 3.26. The average molecular weight is 571 g/mol. The molecule has 0 radical (unpaired) electrons. The number of aliphatic carboxylic acids is 1. The number of carboxylic acid groups (broad SMARTS) is 1. The van der Waals surface area contributed by atoms with Crippen molar-refractivity contribution < 1.29 is 43.4 Å². The second-order valence-electron chi connectivity index (χ2n) is 10.4. The summed E-state index contributed by atoms with van der Waals surface area (Å²) in [5.74, 6) is -5.29. The van der Waals surface area contributed by atoms with Gasteiger partial charge in [-0.2, -0.15) is 0 Å². The number of ether oxygens (including phenoxy) is 1. The third-order valence-corrected chi connectivity index (χ3v) is 5.19. The quantitative estimate of drug-likeness (QED) is 0.0772. The first-order chi connectivity index (χ1) is 18.5. The number of esters is 1. The largest absolute Gasteiger partial charge is 0.480 e. The highest BCUT2D eigenvalue weighted by Crippen LogP contribution is 2.11. The lowest BCUT2D eigenvalue weighted by Gasteiger charge is -2.25. The van der Waals surface area contributed by atoms with Crippen molar-refractivity contribution in [3.8, 4) is 0 Å². The van der Waals surface area contributed by atoms with Gasteiger partial charge in [-0.15, -0.1) is 0 Å². The van der Waals surface area contributed by atoms with E-state index >= 15 is 0 Å². The molecule has 0 heterocycles. The summed E-state index contributed by atoms with van der Waals surface area (Å²) in [4.78, 5) is 86.8. The molecule has 0 aliphatic rings. The number of ketones is 2. The molecule has 3 amide bonds. The van der Waals surface area contributed by atoms with Crippen LogP contribution >= 0.6 is 0 Å². The van der Waals surface area contributed by atoms with E-state index in [0.29, 0.717) is 6.21 Å². The molecule has 0 aromatic carbocycles. The molecular formula is C25H42N6O9. The van der Waals surface area contributed by atoms with E-state index in [2.05, 4.69) is 16.0 Å². The molecule has 0 saturated carbocycles. The Morgan fingerprint density at radius 1 is 0.875 bits per heavy atom. The predicted molar refractivity (Wildman–Crippen MR) is 143 cm³/mol. The minimum Gasteiger partial charge on any atom is -0.480 e. The summed E-state index contributed by atoms with van der Waals surface area (Å²) < 4.78 is 5.34. The van der Waals surface area contributed by atoms with E-state index in [4.69, 9.17) is 15.9 Å². The third kappa shape index (κ3) is 16.3. The van der Waals surface area contributed by atoms with Crippen LogP contribution in [0.5, 0.6) is 0 Å². The number of nitrogens with zero attached hydrogens (tertiary/aromatic N) is 1. The monoisotopic (exact) mass is 570 g/mol. The molecule has 226 valence electrons. The minimum atomic E-state index is -1.48. The summed E-state index contributed by atoms with van der Waals surface area (Å²) in [6.45, 7) is 4.63. The van der Waals surface area contributed by atoms with Crippen LogP contribution in [0.3, 0.4) is 0 Å². The number of hydrogen-bond donors (Lipinski definition) is 6. The molecule has 3 unspecified atom stereocenters. The van der Waals surface area contributed by atoms with Crippen LogP contribution in [0, 0.1) is 5.41 Å². The number of carboxylic acids is 1. The van der Waals surface area contributed by atoms with Crippen molar-refractivity contribution >= 4 is 47.4 Å². The summed E-state index contributed by atoms with van der Waals surface area (Å²) in [7, 11) is 3.33. The average Bonchev–Trinajstić information content (AvgIpc) is 2.84. The van der Waals surface area contributed by atoms with Crippen LogP contribution < -0.4 is 21.7 Å². The van der Waals surface area contributed by atoms with Gasteiger partial charge in [0.25, 0.3) is 0 Å². The maximum Gasteiger partial charge on any atom is 0.329 e. The fourth-order valence-electron chi connectivity index (χ4n) is 3.26. The number of carbonyl (C=O) groups excluding carboxylic acids is 6. The van der Waals surface area contributed by atoms with E-state index in [9.17, 15) is 38.7 Å². The zero-order chi connectivity index (χ0) is 31.0. The first kappa shape index (κ1) is 36.3. The van der Waals surface area contributed by atoms with Gasteiger partial charge in [-0.05, 0) is 54.1 Å². The van der Waals surface area contributed by atoms with Crippen LogP contribution in [0.15, 0.2) is 0 Å². The maximum absolute atomic E-state index is 12.9. The summed E-state index contributed by atoms with van der Waals surface area (Å²) in [6.07, 6.45) is -0.905. The molecule has 15 heteroatoms. The smallest absolute Gasteiger partial charge is 0.329 e. The molecule has 0 spiro atoms. The number of nitrogens with two attached hydrogens (primary N) is 1. The molecule has 0 aliphatic heterocycles. The first-order valence-corrected chi connectivity index (χ1v) is 12.7. The normalized spacial score (nSPS) is 13.4. The molecule has 15 nitrogen and oxygen atoms in total. The van der Waals surface area contributed by atoms with E-state index in [1.807, 2.05) is 0 Å². The van der Waals surface area contributed by atoms with Gasteiger partial charge >= 0.3 is 11.9 Å². The molecule has 3 atom stereocenters. The lowest BCUT2D eigenvalue weighted by molar-refractivity contribution is -0.159. The molecule has 0 saturated heterocycles. The lowest BCUT2D eigenvalue weighted by Crippen LogP contribution is -2.52. The van der Waals surface area contributed by atoms with Gasteiger partial charge in [0.2, 0.25) is 17.7 Å². The van der Waals surface area contributed by atoms with Crippen LogP contribution in [-0.2, 0) is 38.3 Å². The number of Topliss-reactive ketones (excluding diaryl/α,β-unsaturated/α-hetero) is 2. The first-order valence-electron chi connectivity index (χ1n) is 12.7. The van der Waals surface area contributed by atoms with E-state index in [1.165, 1.54) is 0 Å². The van der Waals surface area contributed by atoms with Gasteiger partial charge in [-0.3, -0.25) is 24.0 Å². The highest BCUT2D eigenvalue weighted by atomic mass is 16.6. The van der Waals surface area contributed by atoms with Gasteiger partial charge in [0.05, 0.1) is 19.3 Å². The van der Waals surface area contributed by atoms with E-state index < -0.39 is 65.0 Å². The number of nitrogens with one attached hydrogen (secondary N) is 4. The molecule has 0 aromatic heterocycles. The Balaban J connectivity index is 5.55. The number of rotatable bonds is 19. The molecule has 0 aromatic rings. The molecule has 7 N–H and O–H groups in total. The third-order valence-electron chi connectivity index (χ3n) is 5.19. The minimum absolute atomic E-state index is 0.0148. The van der Waals surface area contributed by atoms with E-state index in [0.717, 1.165) is 0 Å². The van der Waals surface area contributed by atoms with Gasteiger partial charge < -0.3 is 41.8 Å². The molecule has 0 rings (SSSR count). The Hall–Kier alpha value is -3.72. The fraction of sp³-hybridized carbons (Fsp3) is 0.680. The van der Waals surface area contributed by atoms with Crippen molar-refractivity contribution in [3.63, 3.8) is 0 Å². The summed E-state index contributed by atoms with van der Waals surface area (Å²) in [5.41, 5.74) is 4.46. The molecular weight excluding hydrogens is 528 g/mol. The maximum atomic E-state index is 12.9. The molecule has 0 aliphatic carbocycles. The van der Waals surface area contributed by atoms with E-state index in [-0.39, 0.29) is 51.6 Å². The lowest BCUT2D eigenvalue weighted by atomic mass is 10.0. The van der Waals surface area contributed by atoms with Gasteiger partial charge in [-0.25, -0.2) is 9.59 Å². The standard InChI is InChI=1S/C25H42N6O9/c1-25(2,3)40-24(39)19(29-21(35)14-31(4)5)10-11-20(34)28-17(8-6-15(32)12-26)22(36)30-18(23(37)38)9-7-16(33)13-27/h13,17-19,27H,6-12,14,26H2,1-5H3,(H,28,34)(H,29,35)(H,30,36)(H,37,38). The molecule has 40 heavy (non-hydrogen) atoms. The summed E-state index contributed by atoms with van der Waals surface area (Å²) in [6, 6.07) is -3.97. The van der Waals surface area contributed by atoms with Crippen LogP contribution in [0.4, 0.5) is 0 Å². The van der Waals surface area contributed by atoms with Gasteiger partial charge in [0, 0.05) is 19.3 Å². The van der Waals surface area contributed by atoms with Gasteiger partial charge in [0.15, 0.2) is 5.78 Å². The second-order valence-corrected chi connectivity index (χ2v) is 10.4. The Bertz CT molecular complexity index is 946. The number of hydrogen-bond acceptors (Lipinski definition) is 11. The topological polar surface area (TPSA) is 238 Å². The number of likely N-dealkylation sites (N-methyl/N-ethyl adjacent to an activating group) is 1. The van der Waals surface area contributed by atoms with Crippen LogP contribution in [0.25, 0.3) is 0 Å². The van der Waals surface area contributed by atoms with Crippen molar-refractivity contribution in [3.05, 3.63) is 0 Å². The molecule has 0 bridgehead atoms. The van der Waals surface area contributed by atoms with Crippen molar-refractivity contribution in [1.29, 1.82) is 5.41 Å². The van der Waals surface area contributed by atoms with E-state index in [1.54, 1.807) is 39.8 Å². The zero-order valence-electron chi connectivity index (χ0n) is 23.7. The highest BCUT2D eigenvalue weighted by molar-refractivity contribution is 6.26. The van der Waals surface area contributed by atoms with Crippen molar-refractivity contribution in [1.82, 2.24) is 20.9 Å². The Labute approximate surface area is 233 Å². The Morgan fingerprint density at radius 3 is 1.93 bits per heavy atom.